The van der Waals surface area contributed by atoms with Crippen molar-refractivity contribution in [2.45, 2.75) is 15.2 Å². The maximum Gasteiger partial charge on any atom is 0.160 e. The van der Waals surface area contributed by atoms with Crippen molar-refractivity contribution in [2.75, 3.05) is 0 Å². The van der Waals surface area contributed by atoms with Gasteiger partial charge in [-0.2, -0.15) is 0 Å². The van der Waals surface area contributed by atoms with Crippen LogP contribution in [-0.2, 0) is 5.41 Å². The molecule has 1 aliphatic carbocycles. The lowest BCUT2D eigenvalue weighted by atomic mass is 9.67. The van der Waals surface area contributed by atoms with Crippen molar-refractivity contribution < 1.29 is 0 Å². The third kappa shape index (κ3) is 5.36. The average Bonchev–Trinajstić information content (AvgIpc) is 3.62. The van der Waals surface area contributed by atoms with E-state index < -0.39 is 5.41 Å². The van der Waals surface area contributed by atoms with Crippen LogP contribution < -0.4 is 0 Å². The molecule has 0 bridgehead atoms. The van der Waals surface area contributed by atoms with E-state index in [2.05, 4.69) is 212 Å². The second-order valence-corrected chi connectivity index (χ2v) is 16.7. The molecule has 1 aromatic heterocycles. The van der Waals surface area contributed by atoms with Crippen LogP contribution in [-0.4, -0.2) is 9.97 Å². The smallest absolute Gasteiger partial charge is 0.160 e. The van der Waals surface area contributed by atoms with Crippen molar-refractivity contribution in [3.05, 3.63) is 241 Å². The van der Waals surface area contributed by atoms with Crippen LogP contribution in [0.1, 0.15) is 22.3 Å². The highest BCUT2D eigenvalue weighted by Crippen LogP contribution is 2.62. The fourth-order valence-electron chi connectivity index (χ4n) is 9.74. The maximum atomic E-state index is 5.36. The topological polar surface area (TPSA) is 25.8 Å². The van der Waals surface area contributed by atoms with Gasteiger partial charge in [0.25, 0.3) is 0 Å². The lowest BCUT2D eigenvalue weighted by Crippen LogP contribution is -2.31. The minimum atomic E-state index is -0.393. The Morgan fingerprint density at radius 1 is 0.300 bits per heavy atom. The Kier molecular flexibility index (Phi) is 8.04. The van der Waals surface area contributed by atoms with Crippen LogP contribution >= 0.6 is 11.8 Å². The van der Waals surface area contributed by atoms with Gasteiger partial charge in [-0.05, 0) is 90.7 Å². The third-order valence-electron chi connectivity index (χ3n) is 12.4. The van der Waals surface area contributed by atoms with Gasteiger partial charge in [-0.3, -0.25) is 0 Å². The molecule has 10 aromatic rings. The molecule has 280 valence electrons. The highest BCUT2D eigenvalue weighted by atomic mass is 32.2. The molecule has 2 heterocycles. The first kappa shape index (κ1) is 34.7. The predicted octanol–water partition coefficient (Wildman–Crippen LogP) is 14.8. The second-order valence-electron chi connectivity index (χ2n) is 15.6. The van der Waals surface area contributed by atoms with Crippen LogP contribution in [0.25, 0.3) is 78.1 Å². The van der Waals surface area contributed by atoms with Gasteiger partial charge in [0, 0.05) is 26.5 Å². The van der Waals surface area contributed by atoms with Crippen LogP contribution in [0.5, 0.6) is 0 Å². The molecule has 60 heavy (non-hydrogen) atoms. The Bertz CT molecular complexity index is 3250. The number of aromatic nitrogens is 2. The number of fused-ring (bicyclic) bond motifs is 10. The Labute approximate surface area is 353 Å². The first-order valence-corrected chi connectivity index (χ1v) is 21.3. The Morgan fingerprint density at radius 3 is 1.58 bits per heavy atom. The number of nitrogens with zero attached hydrogens (tertiary/aromatic N) is 2. The Hall–Kier alpha value is -7.33. The van der Waals surface area contributed by atoms with E-state index in [4.69, 9.17) is 9.97 Å². The predicted molar refractivity (Wildman–Crippen MR) is 248 cm³/mol. The van der Waals surface area contributed by atoms with Gasteiger partial charge < -0.3 is 0 Å². The molecular formula is C57H36N2S. The van der Waals surface area contributed by atoms with Crippen LogP contribution in [0.2, 0.25) is 0 Å². The van der Waals surface area contributed by atoms with Crippen molar-refractivity contribution in [1.82, 2.24) is 9.97 Å². The van der Waals surface area contributed by atoms with Gasteiger partial charge >= 0.3 is 0 Å². The summed E-state index contributed by atoms with van der Waals surface area (Å²) in [6.45, 7) is 0. The summed E-state index contributed by atoms with van der Waals surface area (Å²) < 4.78 is 0. The molecule has 1 spiro atoms. The molecule has 0 fully saturated rings. The molecular weight excluding hydrogens is 745 g/mol. The lowest BCUT2D eigenvalue weighted by Gasteiger charge is -2.39. The summed E-state index contributed by atoms with van der Waals surface area (Å²) in [7, 11) is 0. The second kappa shape index (κ2) is 13.9. The SMILES string of the molecule is c1ccc(-c2cc(-c3ccc(-c4ccccc4)c4ccccc34)nc(-c3cccc(-c4ccc5c(c4)Sc4ccccc4C54c5ccccc5-c5ccccc54)c3)n2)cc1. The zero-order valence-electron chi connectivity index (χ0n) is 32.6. The molecule has 3 heteroatoms. The molecule has 0 unspecified atom stereocenters. The summed E-state index contributed by atoms with van der Waals surface area (Å²) in [5.41, 5.74) is 17.2. The maximum absolute atomic E-state index is 5.36. The van der Waals surface area contributed by atoms with Gasteiger partial charge in [0.2, 0.25) is 0 Å². The molecule has 12 rings (SSSR count). The summed E-state index contributed by atoms with van der Waals surface area (Å²) >= 11 is 1.88. The van der Waals surface area contributed by atoms with Crippen molar-refractivity contribution in [2.24, 2.45) is 0 Å². The zero-order valence-corrected chi connectivity index (χ0v) is 33.4. The van der Waals surface area contributed by atoms with Crippen molar-refractivity contribution in [3.8, 4) is 67.3 Å². The Morgan fingerprint density at radius 2 is 0.833 bits per heavy atom. The lowest BCUT2D eigenvalue weighted by molar-refractivity contribution is 0.722. The highest BCUT2D eigenvalue weighted by Gasteiger charge is 2.50. The molecule has 2 aliphatic rings. The number of hydrogen-bond acceptors (Lipinski definition) is 3. The molecule has 1 aliphatic heterocycles. The van der Waals surface area contributed by atoms with Crippen LogP contribution in [0.4, 0.5) is 0 Å². The number of benzene rings is 9. The van der Waals surface area contributed by atoms with Gasteiger partial charge in [-0.25, -0.2) is 9.97 Å². The summed E-state index contributed by atoms with van der Waals surface area (Å²) in [6.07, 6.45) is 0. The number of rotatable bonds is 5. The van der Waals surface area contributed by atoms with E-state index in [1.165, 1.54) is 65.2 Å². The van der Waals surface area contributed by atoms with Gasteiger partial charge in [0.05, 0.1) is 16.8 Å². The molecule has 0 N–H and O–H groups in total. The first-order valence-electron chi connectivity index (χ1n) is 20.5. The zero-order chi connectivity index (χ0) is 39.6. The molecule has 0 saturated carbocycles. The normalized spacial score (nSPS) is 13.1. The van der Waals surface area contributed by atoms with E-state index in [0.717, 1.165) is 39.0 Å². The molecule has 0 saturated heterocycles. The minimum Gasteiger partial charge on any atom is -0.228 e. The standard InChI is InChI=1S/C57H36N2S/c1-3-16-37(17-4-1)42-31-32-47(44-23-8-7-22-43(42)44)53-36-52(38-18-5-2-6-19-38)58-56(59-53)41-21-15-20-39(34-41)40-30-33-51-55(35-40)60-54-29-14-13-28-50(54)57(51)48-26-11-9-24-45(48)46-25-10-12-27-49(46)57/h1-36H. The van der Waals surface area contributed by atoms with Gasteiger partial charge in [0.15, 0.2) is 5.82 Å². The molecule has 9 aromatic carbocycles. The summed E-state index contributed by atoms with van der Waals surface area (Å²) in [5.74, 6) is 0.698. The van der Waals surface area contributed by atoms with Crippen molar-refractivity contribution in [3.63, 3.8) is 0 Å². The van der Waals surface area contributed by atoms with Crippen molar-refractivity contribution in [1.29, 1.82) is 0 Å². The molecule has 0 amide bonds. The highest BCUT2D eigenvalue weighted by molar-refractivity contribution is 7.99. The molecule has 0 atom stereocenters. The van der Waals surface area contributed by atoms with Crippen LogP contribution in [0, 0.1) is 0 Å². The van der Waals surface area contributed by atoms with E-state index in [1.54, 1.807) is 0 Å². The Balaban J connectivity index is 1.00. The summed E-state index contributed by atoms with van der Waals surface area (Å²) in [5, 5.41) is 2.36. The fraction of sp³-hybridized carbons (Fsp3) is 0.0175. The summed E-state index contributed by atoms with van der Waals surface area (Å²) in [4.78, 5) is 13.2. The van der Waals surface area contributed by atoms with E-state index in [0.29, 0.717) is 5.82 Å². The van der Waals surface area contributed by atoms with Crippen LogP contribution in [0.3, 0.4) is 0 Å². The monoisotopic (exact) mass is 780 g/mol. The summed E-state index contributed by atoms with van der Waals surface area (Å²) in [6, 6.07) is 79.1. The van der Waals surface area contributed by atoms with E-state index in [-0.39, 0.29) is 0 Å². The average molecular weight is 781 g/mol. The van der Waals surface area contributed by atoms with Gasteiger partial charge in [-0.1, -0.05) is 206 Å². The molecule has 2 nitrogen and oxygen atoms in total. The fourth-order valence-corrected chi connectivity index (χ4v) is 11.0. The largest absolute Gasteiger partial charge is 0.228 e. The minimum absolute atomic E-state index is 0.393. The third-order valence-corrected chi connectivity index (χ3v) is 13.5. The molecule has 0 radical (unpaired) electrons. The van der Waals surface area contributed by atoms with E-state index in [1.807, 2.05) is 17.8 Å². The van der Waals surface area contributed by atoms with E-state index in [9.17, 15) is 0 Å². The number of hydrogen-bond donors (Lipinski definition) is 0. The first-order chi connectivity index (χ1) is 29.7. The quantitative estimate of drug-likeness (QED) is 0.174. The van der Waals surface area contributed by atoms with Gasteiger partial charge in [0.1, 0.15) is 0 Å². The van der Waals surface area contributed by atoms with Crippen LogP contribution in [0.15, 0.2) is 228 Å². The van der Waals surface area contributed by atoms with Crippen molar-refractivity contribution >= 4 is 22.5 Å². The van der Waals surface area contributed by atoms with E-state index >= 15 is 0 Å². The van der Waals surface area contributed by atoms with Gasteiger partial charge in [-0.15, -0.1) is 0 Å².